The average molecular weight is 447 g/mol. The van der Waals surface area contributed by atoms with Crippen LogP contribution >= 0.6 is 0 Å². The fourth-order valence-corrected chi connectivity index (χ4v) is 2.68. The molecule has 0 aromatic rings. The van der Waals surface area contributed by atoms with Crippen molar-refractivity contribution in [2.24, 2.45) is 0 Å². The van der Waals surface area contributed by atoms with E-state index in [4.69, 9.17) is 4.74 Å². The Kier molecular flexibility index (Phi) is 29.2. The van der Waals surface area contributed by atoms with E-state index >= 15 is 0 Å². The number of hydrogen-bond acceptors (Lipinski definition) is 3. The summed E-state index contributed by atoms with van der Waals surface area (Å²) in [4.78, 5) is 23.1. The summed E-state index contributed by atoms with van der Waals surface area (Å²) in [6.07, 6.45) is 17.2. The molecule has 145 valence electrons. The van der Waals surface area contributed by atoms with E-state index in [0.717, 1.165) is 32.1 Å². The first-order chi connectivity index (χ1) is 11.2. The molecular formula is C20H38MnO3Zn. The van der Waals surface area contributed by atoms with Gasteiger partial charge in [0.25, 0.3) is 0 Å². The predicted molar refractivity (Wildman–Crippen MR) is 96.3 cm³/mol. The summed E-state index contributed by atoms with van der Waals surface area (Å²) < 4.78 is 4.85. The Hall–Kier alpha value is 0.283. The zero-order valence-electron chi connectivity index (χ0n) is 16.6. The van der Waals surface area contributed by atoms with Gasteiger partial charge >= 0.3 is 11.9 Å². The number of ether oxygens (including phenoxy) is 1. The maximum atomic E-state index is 11.6. The molecule has 0 heterocycles. The molecule has 0 saturated heterocycles. The fourth-order valence-electron chi connectivity index (χ4n) is 2.68. The normalized spacial score (nSPS) is 9.84. The predicted octanol–water partition coefficient (Wildman–Crippen LogP) is 6.33. The number of rotatable bonds is 16. The molecule has 0 unspecified atom stereocenters. The molecule has 0 aliphatic heterocycles. The van der Waals surface area contributed by atoms with Gasteiger partial charge in [-0.05, 0) is 12.8 Å². The third kappa shape index (κ3) is 24.3. The minimum absolute atomic E-state index is 0. The van der Waals surface area contributed by atoms with Gasteiger partial charge in [0, 0.05) is 49.4 Å². The molecule has 0 aromatic carbocycles. The van der Waals surface area contributed by atoms with Crippen molar-refractivity contribution in [1.29, 1.82) is 0 Å². The van der Waals surface area contributed by atoms with Crippen molar-refractivity contribution in [3.05, 3.63) is 0 Å². The van der Waals surface area contributed by atoms with Crippen LogP contribution in [0.5, 0.6) is 0 Å². The molecule has 1 radical (unpaired) electrons. The topological polar surface area (TPSA) is 43.4 Å². The molecule has 25 heavy (non-hydrogen) atoms. The second-order valence-corrected chi connectivity index (χ2v) is 6.59. The van der Waals surface area contributed by atoms with Crippen LogP contribution in [0, 0.1) is 0 Å². The van der Waals surface area contributed by atoms with Crippen molar-refractivity contribution in [2.75, 3.05) is 0 Å². The van der Waals surface area contributed by atoms with Gasteiger partial charge in [0.05, 0.1) is 0 Å². The molecule has 0 spiro atoms. The van der Waals surface area contributed by atoms with E-state index in [0.29, 0.717) is 12.8 Å². The van der Waals surface area contributed by atoms with Gasteiger partial charge in [-0.15, -0.1) is 0 Å². The van der Waals surface area contributed by atoms with Crippen LogP contribution in [0.2, 0.25) is 0 Å². The Labute approximate surface area is 179 Å². The minimum atomic E-state index is -0.345. The summed E-state index contributed by atoms with van der Waals surface area (Å²) in [6, 6.07) is 0. The standard InChI is InChI=1S/C20H38O3.Mn.Zn/c1-3-5-7-9-10-11-12-14-16-18-20(22)23-19(21)17-15-13-8-6-4-2;;/h3-18H2,1-2H3;;. The summed E-state index contributed by atoms with van der Waals surface area (Å²) in [5.74, 6) is -0.686. The molecule has 0 aromatic heterocycles. The SMILES string of the molecule is CCCCCCCCCCCC(=O)OC(=O)CCCCCCC.[Mn].[Zn]. The van der Waals surface area contributed by atoms with Crippen LogP contribution in [0.4, 0.5) is 0 Å². The molecule has 0 saturated carbocycles. The van der Waals surface area contributed by atoms with Crippen molar-refractivity contribution >= 4 is 11.9 Å². The molecular weight excluding hydrogens is 409 g/mol. The first kappa shape index (κ1) is 30.0. The number of carbonyl (C=O) groups excluding carboxylic acids is 2. The Morgan fingerprint density at radius 1 is 0.560 bits per heavy atom. The Morgan fingerprint density at radius 2 is 0.840 bits per heavy atom. The van der Waals surface area contributed by atoms with Crippen LogP contribution in [0.1, 0.15) is 117 Å². The van der Waals surface area contributed by atoms with E-state index in [-0.39, 0.29) is 48.5 Å². The Morgan fingerprint density at radius 3 is 1.16 bits per heavy atom. The smallest absolute Gasteiger partial charge is 0.313 e. The van der Waals surface area contributed by atoms with Crippen LogP contribution in [-0.4, -0.2) is 11.9 Å². The molecule has 0 N–H and O–H groups in total. The second-order valence-electron chi connectivity index (χ2n) is 6.59. The van der Waals surface area contributed by atoms with Gasteiger partial charge in [-0.1, -0.05) is 90.9 Å². The molecule has 5 heteroatoms. The third-order valence-electron chi connectivity index (χ3n) is 4.20. The molecule has 0 bridgehead atoms. The number of carbonyl (C=O) groups is 2. The number of unbranched alkanes of at least 4 members (excludes halogenated alkanes) is 12. The Balaban J connectivity index is -0.00000242. The molecule has 0 amide bonds. The summed E-state index contributed by atoms with van der Waals surface area (Å²) in [7, 11) is 0. The largest absolute Gasteiger partial charge is 0.393 e. The van der Waals surface area contributed by atoms with E-state index in [9.17, 15) is 9.59 Å². The van der Waals surface area contributed by atoms with E-state index < -0.39 is 0 Å². The molecule has 0 aliphatic carbocycles. The van der Waals surface area contributed by atoms with Gasteiger partial charge < -0.3 is 4.74 Å². The Bertz CT molecular complexity index is 299. The maximum Gasteiger partial charge on any atom is 0.313 e. The average Bonchev–Trinajstić information content (AvgIpc) is 2.53. The molecule has 0 fully saturated rings. The summed E-state index contributed by atoms with van der Waals surface area (Å²) >= 11 is 0. The third-order valence-corrected chi connectivity index (χ3v) is 4.20. The van der Waals surface area contributed by atoms with Gasteiger partial charge in [0.1, 0.15) is 0 Å². The van der Waals surface area contributed by atoms with Gasteiger partial charge in [-0.25, -0.2) is 0 Å². The second kappa shape index (κ2) is 24.3. The minimum Gasteiger partial charge on any atom is -0.393 e. The first-order valence-corrected chi connectivity index (χ1v) is 9.94. The van der Waals surface area contributed by atoms with Gasteiger partial charge in [-0.3, -0.25) is 9.59 Å². The van der Waals surface area contributed by atoms with Gasteiger partial charge in [-0.2, -0.15) is 0 Å². The van der Waals surface area contributed by atoms with Crippen LogP contribution in [0.15, 0.2) is 0 Å². The van der Waals surface area contributed by atoms with E-state index in [1.807, 2.05) is 0 Å². The van der Waals surface area contributed by atoms with Crippen LogP contribution in [-0.2, 0) is 50.9 Å². The van der Waals surface area contributed by atoms with Crippen molar-refractivity contribution in [2.45, 2.75) is 117 Å². The summed E-state index contributed by atoms with van der Waals surface area (Å²) in [5, 5.41) is 0. The van der Waals surface area contributed by atoms with Crippen LogP contribution < -0.4 is 0 Å². The van der Waals surface area contributed by atoms with Crippen molar-refractivity contribution in [3.8, 4) is 0 Å². The molecule has 3 nitrogen and oxygen atoms in total. The maximum absolute atomic E-state index is 11.6. The molecule has 0 aliphatic rings. The van der Waals surface area contributed by atoms with E-state index in [2.05, 4.69) is 13.8 Å². The van der Waals surface area contributed by atoms with Gasteiger partial charge in [0.2, 0.25) is 0 Å². The van der Waals surface area contributed by atoms with Crippen molar-refractivity contribution < 1.29 is 50.9 Å². The first-order valence-electron chi connectivity index (χ1n) is 9.94. The molecule has 0 rings (SSSR count). The van der Waals surface area contributed by atoms with Gasteiger partial charge in [0.15, 0.2) is 0 Å². The van der Waals surface area contributed by atoms with E-state index in [1.54, 1.807) is 0 Å². The zero-order valence-corrected chi connectivity index (χ0v) is 20.8. The van der Waals surface area contributed by atoms with Crippen LogP contribution in [0.3, 0.4) is 0 Å². The summed E-state index contributed by atoms with van der Waals surface area (Å²) in [6.45, 7) is 4.40. The van der Waals surface area contributed by atoms with Crippen molar-refractivity contribution in [3.63, 3.8) is 0 Å². The molecule has 0 atom stereocenters. The van der Waals surface area contributed by atoms with Crippen LogP contribution in [0.25, 0.3) is 0 Å². The fraction of sp³-hybridized carbons (Fsp3) is 0.900. The van der Waals surface area contributed by atoms with E-state index in [1.165, 1.54) is 57.8 Å². The monoisotopic (exact) mass is 445 g/mol. The zero-order chi connectivity index (χ0) is 17.2. The van der Waals surface area contributed by atoms with Crippen molar-refractivity contribution in [1.82, 2.24) is 0 Å². The quantitative estimate of drug-likeness (QED) is 0.120. The number of esters is 2. The number of hydrogen-bond donors (Lipinski definition) is 0. The summed E-state index contributed by atoms with van der Waals surface area (Å²) in [5.41, 5.74) is 0.